The minimum absolute atomic E-state index is 0.00825. The molecule has 0 fully saturated rings. The van der Waals surface area contributed by atoms with Crippen molar-refractivity contribution in [1.82, 2.24) is 10.3 Å². The number of carbonyl (C=O) groups excluding carboxylic acids is 1. The molecule has 0 saturated heterocycles. The van der Waals surface area contributed by atoms with Gasteiger partial charge in [0, 0.05) is 12.7 Å². The van der Waals surface area contributed by atoms with Crippen LogP contribution in [-0.2, 0) is 16.6 Å². The van der Waals surface area contributed by atoms with Crippen LogP contribution in [0.3, 0.4) is 0 Å². The zero-order chi connectivity index (χ0) is 21.7. The van der Waals surface area contributed by atoms with Gasteiger partial charge in [-0.2, -0.15) is 0 Å². The number of halogens is 1. The summed E-state index contributed by atoms with van der Waals surface area (Å²) in [6, 6.07) is 11.2. The number of methoxy groups -OCH3 is 1. The maximum absolute atomic E-state index is 14.3. The van der Waals surface area contributed by atoms with Gasteiger partial charge in [-0.25, -0.2) is 17.9 Å². The Morgan fingerprint density at radius 3 is 2.57 bits per heavy atom. The number of rotatable bonds is 7. The number of aromatic nitrogens is 1. The van der Waals surface area contributed by atoms with Crippen LogP contribution in [0.1, 0.15) is 15.9 Å². The lowest BCUT2D eigenvalue weighted by Crippen LogP contribution is -2.24. The summed E-state index contributed by atoms with van der Waals surface area (Å²) in [5.41, 5.74) is 0.460. The zero-order valence-electron chi connectivity index (χ0n) is 15.8. The SMILES string of the molecule is COc1ccc(S(N)(=O)=O)cc1C(=O)NCc1ccc(Oc2cccnc2)c(F)c1. The fourth-order valence-corrected chi connectivity index (χ4v) is 3.13. The molecule has 0 aliphatic rings. The van der Waals surface area contributed by atoms with Crippen LogP contribution in [0.25, 0.3) is 0 Å². The number of nitrogens with one attached hydrogen (secondary N) is 1. The number of pyridine rings is 1. The van der Waals surface area contributed by atoms with E-state index in [1.165, 1.54) is 37.6 Å². The van der Waals surface area contributed by atoms with Crippen LogP contribution in [0, 0.1) is 5.82 Å². The number of nitrogens with two attached hydrogens (primary N) is 1. The van der Waals surface area contributed by atoms with E-state index in [0.29, 0.717) is 11.3 Å². The van der Waals surface area contributed by atoms with Gasteiger partial charge in [0.05, 0.1) is 23.8 Å². The molecule has 2 aromatic carbocycles. The van der Waals surface area contributed by atoms with Crippen LogP contribution in [0.4, 0.5) is 4.39 Å². The summed E-state index contributed by atoms with van der Waals surface area (Å²) in [7, 11) is -2.64. The third-order valence-corrected chi connectivity index (χ3v) is 4.97. The highest BCUT2D eigenvalue weighted by molar-refractivity contribution is 7.89. The van der Waals surface area contributed by atoms with Gasteiger partial charge in [-0.3, -0.25) is 9.78 Å². The van der Waals surface area contributed by atoms with Gasteiger partial charge in [0.1, 0.15) is 11.5 Å². The number of hydrogen-bond acceptors (Lipinski definition) is 6. The summed E-state index contributed by atoms with van der Waals surface area (Å²) in [5.74, 6) is -0.640. The lowest BCUT2D eigenvalue weighted by atomic mass is 10.1. The first-order valence-corrected chi connectivity index (χ1v) is 10.2. The van der Waals surface area contributed by atoms with Gasteiger partial charge in [0.25, 0.3) is 5.91 Å². The topological polar surface area (TPSA) is 121 Å². The molecule has 0 bridgehead atoms. The number of hydrogen-bond donors (Lipinski definition) is 2. The van der Waals surface area contributed by atoms with Gasteiger partial charge in [-0.1, -0.05) is 6.07 Å². The Labute approximate surface area is 172 Å². The van der Waals surface area contributed by atoms with Crippen molar-refractivity contribution in [3.8, 4) is 17.2 Å². The van der Waals surface area contributed by atoms with Gasteiger partial charge in [-0.05, 0) is 48.0 Å². The van der Waals surface area contributed by atoms with Crippen molar-refractivity contribution in [2.24, 2.45) is 5.14 Å². The number of primary sulfonamides is 1. The van der Waals surface area contributed by atoms with Crippen LogP contribution in [0.5, 0.6) is 17.2 Å². The van der Waals surface area contributed by atoms with Gasteiger partial charge in [0.2, 0.25) is 10.0 Å². The van der Waals surface area contributed by atoms with Crippen molar-refractivity contribution in [1.29, 1.82) is 0 Å². The molecule has 3 aromatic rings. The molecule has 1 amide bonds. The minimum Gasteiger partial charge on any atom is -0.496 e. The fraction of sp³-hybridized carbons (Fsp3) is 0.100. The number of sulfonamides is 1. The van der Waals surface area contributed by atoms with Crippen LogP contribution >= 0.6 is 0 Å². The molecule has 10 heteroatoms. The molecule has 0 aliphatic heterocycles. The maximum Gasteiger partial charge on any atom is 0.255 e. The van der Waals surface area contributed by atoms with E-state index >= 15 is 0 Å². The molecular formula is C20H18FN3O5S. The van der Waals surface area contributed by atoms with Crippen molar-refractivity contribution < 1.29 is 27.1 Å². The van der Waals surface area contributed by atoms with Gasteiger partial charge >= 0.3 is 0 Å². The summed E-state index contributed by atoms with van der Waals surface area (Å²) in [6.07, 6.45) is 3.03. The normalized spacial score (nSPS) is 11.0. The van der Waals surface area contributed by atoms with E-state index in [0.717, 1.165) is 6.07 Å². The smallest absolute Gasteiger partial charge is 0.255 e. The van der Waals surface area contributed by atoms with Crippen molar-refractivity contribution in [3.05, 3.63) is 77.9 Å². The largest absolute Gasteiger partial charge is 0.496 e. The van der Waals surface area contributed by atoms with Crippen LogP contribution in [0.15, 0.2) is 65.8 Å². The first-order valence-electron chi connectivity index (χ1n) is 8.63. The standard InChI is InChI=1S/C20H18FN3O5S/c1-28-18-7-5-15(30(22,26)27)10-16(18)20(25)24-11-13-4-6-19(17(21)9-13)29-14-3-2-8-23-12-14/h2-10,12H,11H2,1H3,(H,24,25)(H2,22,26,27). The highest BCUT2D eigenvalue weighted by atomic mass is 32.2. The lowest BCUT2D eigenvalue weighted by molar-refractivity contribution is 0.0947. The molecule has 0 aliphatic carbocycles. The molecule has 156 valence electrons. The maximum atomic E-state index is 14.3. The second kappa shape index (κ2) is 8.89. The third kappa shape index (κ3) is 5.10. The van der Waals surface area contributed by atoms with Crippen LogP contribution in [-0.4, -0.2) is 26.4 Å². The summed E-state index contributed by atoms with van der Waals surface area (Å²) in [6.45, 7) is -0.00825. The Morgan fingerprint density at radius 2 is 1.93 bits per heavy atom. The molecule has 8 nitrogen and oxygen atoms in total. The summed E-state index contributed by atoms with van der Waals surface area (Å²) >= 11 is 0. The average Bonchev–Trinajstić information content (AvgIpc) is 2.73. The molecular weight excluding hydrogens is 413 g/mol. The predicted octanol–water partition coefficient (Wildman–Crippen LogP) is 2.60. The zero-order valence-corrected chi connectivity index (χ0v) is 16.6. The molecule has 0 atom stereocenters. The van der Waals surface area contributed by atoms with E-state index in [1.54, 1.807) is 24.4 Å². The second-order valence-corrected chi connectivity index (χ2v) is 7.71. The number of amides is 1. The Kier molecular flexibility index (Phi) is 6.28. The Bertz CT molecular complexity index is 1170. The molecule has 0 radical (unpaired) electrons. The van der Waals surface area contributed by atoms with E-state index < -0.39 is 21.7 Å². The Morgan fingerprint density at radius 1 is 1.17 bits per heavy atom. The van der Waals surface area contributed by atoms with Gasteiger partial charge in [-0.15, -0.1) is 0 Å². The van der Waals surface area contributed by atoms with E-state index in [1.807, 2.05) is 0 Å². The number of carbonyl (C=O) groups is 1. The van der Waals surface area contributed by atoms with Gasteiger partial charge in [0.15, 0.2) is 11.6 Å². The average molecular weight is 431 g/mol. The molecule has 1 aromatic heterocycles. The molecule has 1 heterocycles. The summed E-state index contributed by atoms with van der Waals surface area (Å²) in [4.78, 5) is 16.2. The first kappa shape index (κ1) is 21.2. The Balaban J connectivity index is 1.72. The molecule has 0 saturated carbocycles. The monoisotopic (exact) mass is 431 g/mol. The molecule has 3 N–H and O–H groups in total. The van der Waals surface area contributed by atoms with Crippen LogP contribution in [0.2, 0.25) is 0 Å². The third-order valence-electron chi connectivity index (χ3n) is 4.06. The van der Waals surface area contributed by atoms with Crippen molar-refractivity contribution in [3.63, 3.8) is 0 Å². The fourth-order valence-electron chi connectivity index (χ4n) is 2.59. The molecule has 3 rings (SSSR count). The minimum atomic E-state index is -3.99. The number of benzene rings is 2. The molecule has 0 spiro atoms. The highest BCUT2D eigenvalue weighted by Gasteiger charge is 2.17. The lowest BCUT2D eigenvalue weighted by Gasteiger charge is -2.12. The molecule has 0 unspecified atom stereocenters. The summed E-state index contributed by atoms with van der Waals surface area (Å²) in [5, 5.41) is 7.70. The first-order chi connectivity index (χ1) is 14.3. The van der Waals surface area contributed by atoms with Crippen LogP contribution < -0.4 is 19.9 Å². The van der Waals surface area contributed by atoms with Gasteiger partial charge < -0.3 is 14.8 Å². The Hall–Kier alpha value is -3.50. The quantitative estimate of drug-likeness (QED) is 0.593. The van der Waals surface area contributed by atoms with Crippen molar-refractivity contribution in [2.45, 2.75) is 11.4 Å². The summed E-state index contributed by atoms with van der Waals surface area (Å²) < 4.78 is 47.9. The van der Waals surface area contributed by atoms with Crippen molar-refractivity contribution >= 4 is 15.9 Å². The second-order valence-electron chi connectivity index (χ2n) is 6.15. The van der Waals surface area contributed by atoms with E-state index in [-0.39, 0.29) is 28.5 Å². The number of nitrogens with zero attached hydrogens (tertiary/aromatic N) is 1. The van der Waals surface area contributed by atoms with E-state index in [2.05, 4.69) is 10.3 Å². The predicted molar refractivity (Wildman–Crippen MR) is 106 cm³/mol. The van der Waals surface area contributed by atoms with E-state index in [4.69, 9.17) is 14.6 Å². The number of ether oxygens (including phenoxy) is 2. The van der Waals surface area contributed by atoms with Crippen molar-refractivity contribution in [2.75, 3.05) is 7.11 Å². The molecule has 30 heavy (non-hydrogen) atoms. The van der Waals surface area contributed by atoms with E-state index in [9.17, 15) is 17.6 Å². The highest BCUT2D eigenvalue weighted by Crippen LogP contribution is 2.25.